The predicted octanol–water partition coefficient (Wildman–Crippen LogP) is 1.87. The molecule has 0 spiro atoms. The molecule has 0 saturated heterocycles. The van der Waals surface area contributed by atoms with E-state index in [1.165, 1.54) is 30.3 Å². The van der Waals surface area contributed by atoms with Gasteiger partial charge in [0.1, 0.15) is 28.0 Å². The molecule has 2 amide bonds. The molecule has 2 aromatic carbocycles. The Labute approximate surface area is 213 Å². The van der Waals surface area contributed by atoms with Crippen LogP contribution < -0.4 is 20.1 Å². The number of carbonyl (C=O) groups excluding carboxylic acids is 2. The molecule has 200 valence electrons. The molecule has 12 heteroatoms. The second-order valence-electron chi connectivity index (χ2n) is 9.65. The van der Waals surface area contributed by atoms with Crippen LogP contribution in [-0.2, 0) is 19.4 Å². The van der Waals surface area contributed by atoms with Crippen LogP contribution in [0.2, 0.25) is 0 Å². The summed E-state index contributed by atoms with van der Waals surface area (Å²) in [7, 11) is -3.80. The summed E-state index contributed by atoms with van der Waals surface area (Å²) in [6.45, 7) is -0.709. The number of sulfone groups is 1. The Bertz CT molecular complexity index is 1280. The largest absolute Gasteiger partial charge is 0.484 e. The quantitative estimate of drug-likeness (QED) is 0.444. The Morgan fingerprint density at radius 3 is 2.11 bits per heavy atom. The summed E-state index contributed by atoms with van der Waals surface area (Å²) >= 11 is 0. The third-order valence-corrected chi connectivity index (χ3v) is 8.08. The van der Waals surface area contributed by atoms with Gasteiger partial charge in [0.2, 0.25) is 0 Å². The zero-order valence-corrected chi connectivity index (χ0v) is 20.9. The number of fused-ring (bicyclic) bond motifs is 3. The molecule has 2 aromatic rings. The number of amides is 2. The first kappa shape index (κ1) is 26.8. The lowest BCUT2D eigenvalue weighted by atomic mass is 9.60. The molecule has 1 atom stereocenters. The number of nitrogens with one attached hydrogen (secondary N) is 2. The number of ether oxygens (including phenoxy) is 2. The number of carbonyl (C=O) groups is 2. The number of halogens is 2. The lowest BCUT2D eigenvalue weighted by Crippen LogP contribution is -2.70. The van der Waals surface area contributed by atoms with Crippen molar-refractivity contribution in [2.45, 2.75) is 54.2 Å². The van der Waals surface area contributed by atoms with Gasteiger partial charge in [-0.15, -0.1) is 0 Å². The third-order valence-electron chi connectivity index (χ3n) is 6.97. The summed E-state index contributed by atoms with van der Waals surface area (Å²) in [5.74, 6) is -1.83. The lowest BCUT2D eigenvalue weighted by molar-refractivity contribution is -0.137. The summed E-state index contributed by atoms with van der Waals surface area (Å²) in [6, 6.07) is 8.50. The van der Waals surface area contributed by atoms with Gasteiger partial charge in [-0.3, -0.25) is 9.59 Å². The van der Waals surface area contributed by atoms with Gasteiger partial charge in [0.15, 0.2) is 23.1 Å². The number of benzene rings is 2. The summed E-state index contributed by atoms with van der Waals surface area (Å²) in [5.41, 5.74) is -1.50. The van der Waals surface area contributed by atoms with Crippen LogP contribution in [0, 0.1) is 11.6 Å². The van der Waals surface area contributed by atoms with E-state index in [1.54, 1.807) is 0 Å². The van der Waals surface area contributed by atoms with Gasteiger partial charge < -0.3 is 25.2 Å². The Morgan fingerprint density at radius 2 is 1.51 bits per heavy atom. The van der Waals surface area contributed by atoms with Crippen LogP contribution in [0.1, 0.15) is 32.1 Å². The molecule has 0 aliphatic heterocycles. The van der Waals surface area contributed by atoms with Crippen LogP contribution in [0.5, 0.6) is 11.5 Å². The predicted molar refractivity (Wildman–Crippen MR) is 128 cm³/mol. The zero-order valence-electron chi connectivity index (χ0n) is 20.1. The van der Waals surface area contributed by atoms with Gasteiger partial charge in [0.25, 0.3) is 11.8 Å². The highest BCUT2D eigenvalue weighted by atomic mass is 32.2. The van der Waals surface area contributed by atoms with Crippen molar-refractivity contribution in [2.24, 2.45) is 0 Å². The summed E-state index contributed by atoms with van der Waals surface area (Å²) in [5, 5.41) is 16.7. The van der Waals surface area contributed by atoms with Crippen molar-refractivity contribution in [1.82, 2.24) is 10.6 Å². The van der Waals surface area contributed by atoms with Crippen molar-refractivity contribution in [3.05, 3.63) is 54.1 Å². The molecular formula is C25H28F2N2O7S. The maximum Gasteiger partial charge on any atom is 0.258 e. The minimum absolute atomic E-state index is 0.0337. The van der Waals surface area contributed by atoms with Gasteiger partial charge in [-0.25, -0.2) is 17.2 Å². The highest BCUT2D eigenvalue weighted by Gasteiger charge is 2.55. The van der Waals surface area contributed by atoms with Gasteiger partial charge in [-0.1, -0.05) is 0 Å². The molecule has 3 aliphatic rings. The highest BCUT2D eigenvalue weighted by Crippen LogP contribution is 2.47. The summed E-state index contributed by atoms with van der Waals surface area (Å²) in [4.78, 5) is 24.6. The molecule has 0 radical (unpaired) electrons. The van der Waals surface area contributed by atoms with Gasteiger partial charge in [-0.2, -0.15) is 0 Å². The van der Waals surface area contributed by atoms with E-state index in [-0.39, 0.29) is 18.8 Å². The van der Waals surface area contributed by atoms with Crippen molar-refractivity contribution >= 4 is 21.7 Å². The topological polar surface area (TPSA) is 131 Å². The normalized spacial score (nSPS) is 24.8. The molecule has 0 unspecified atom stereocenters. The number of aliphatic hydroxyl groups is 1. The maximum absolute atomic E-state index is 13.8. The van der Waals surface area contributed by atoms with Gasteiger partial charge >= 0.3 is 0 Å². The summed E-state index contributed by atoms with van der Waals surface area (Å²) < 4.78 is 60.9. The van der Waals surface area contributed by atoms with Crippen molar-refractivity contribution in [1.29, 1.82) is 0 Å². The van der Waals surface area contributed by atoms with E-state index in [4.69, 9.17) is 9.47 Å². The fourth-order valence-corrected chi connectivity index (χ4v) is 5.75. The molecule has 5 rings (SSSR count). The summed E-state index contributed by atoms with van der Waals surface area (Å²) in [6.07, 6.45) is 2.11. The fraction of sp³-hybridized carbons (Fsp3) is 0.440. The SMILES string of the molecule is CS(=O)(=O)c1cc(OCC(=O)NC23CCC(NC(=O)COc4ccc(F)cc4)(CC2)[C@@H](O)C3)ccc1F. The van der Waals surface area contributed by atoms with Gasteiger partial charge in [0.05, 0.1) is 11.6 Å². The molecule has 3 saturated carbocycles. The minimum Gasteiger partial charge on any atom is -0.484 e. The molecule has 0 aromatic heterocycles. The first-order valence-electron chi connectivity index (χ1n) is 11.7. The molecule has 0 heterocycles. The molecule has 3 fully saturated rings. The van der Waals surface area contributed by atoms with Crippen LogP contribution in [0.4, 0.5) is 8.78 Å². The smallest absolute Gasteiger partial charge is 0.258 e. The van der Waals surface area contributed by atoms with Crippen molar-refractivity contribution in [2.75, 3.05) is 19.5 Å². The zero-order chi connectivity index (χ0) is 26.8. The number of hydrogen-bond acceptors (Lipinski definition) is 7. The third kappa shape index (κ3) is 6.19. The van der Waals surface area contributed by atoms with Crippen LogP contribution >= 0.6 is 0 Å². The first-order valence-corrected chi connectivity index (χ1v) is 13.6. The molecule has 3 N–H and O–H groups in total. The molecule has 2 bridgehead atoms. The van der Waals surface area contributed by atoms with Crippen LogP contribution in [0.25, 0.3) is 0 Å². The maximum atomic E-state index is 13.8. The Balaban J connectivity index is 1.29. The average Bonchev–Trinajstić information content (AvgIpc) is 2.83. The van der Waals surface area contributed by atoms with E-state index < -0.39 is 62.0 Å². The van der Waals surface area contributed by atoms with E-state index in [0.717, 1.165) is 18.4 Å². The van der Waals surface area contributed by atoms with E-state index in [9.17, 15) is 31.9 Å². The average molecular weight is 539 g/mol. The van der Waals surface area contributed by atoms with Gasteiger partial charge in [0, 0.05) is 17.9 Å². The standard InChI is InChI=1S/C25H28F2N2O7S/c1-37(33,34)20-12-18(6-7-19(20)27)36-14-22(31)28-24-8-10-25(11-9-24,21(30)13-24)29-23(32)15-35-17-4-2-16(26)3-5-17/h2-7,12,21,30H,8-11,13-15H2,1H3,(H,28,31)(H,29,32)/t21-,24?,25?/m0/s1. The molecule has 9 nitrogen and oxygen atoms in total. The monoisotopic (exact) mass is 538 g/mol. The Morgan fingerprint density at radius 1 is 0.946 bits per heavy atom. The van der Waals surface area contributed by atoms with Crippen molar-refractivity contribution < 1.29 is 41.4 Å². The molecule has 3 aliphatic carbocycles. The fourth-order valence-electron chi connectivity index (χ4n) is 4.99. The van der Waals surface area contributed by atoms with E-state index >= 15 is 0 Å². The van der Waals surface area contributed by atoms with E-state index in [2.05, 4.69) is 10.6 Å². The molecule has 37 heavy (non-hydrogen) atoms. The Kier molecular flexibility index (Phi) is 7.43. The lowest BCUT2D eigenvalue weighted by Gasteiger charge is -2.56. The van der Waals surface area contributed by atoms with E-state index in [0.29, 0.717) is 31.4 Å². The number of rotatable bonds is 9. The van der Waals surface area contributed by atoms with Crippen molar-refractivity contribution in [3.63, 3.8) is 0 Å². The first-order chi connectivity index (χ1) is 17.4. The number of aliphatic hydroxyl groups excluding tert-OH is 1. The van der Waals surface area contributed by atoms with Gasteiger partial charge in [-0.05, 0) is 68.5 Å². The second-order valence-corrected chi connectivity index (χ2v) is 11.6. The van der Waals surface area contributed by atoms with E-state index in [1.807, 2.05) is 0 Å². The van der Waals surface area contributed by atoms with Crippen molar-refractivity contribution in [3.8, 4) is 11.5 Å². The van der Waals surface area contributed by atoms with Crippen LogP contribution in [-0.4, -0.2) is 62.0 Å². The van der Waals surface area contributed by atoms with Crippen LogP contribution in [0.15, 0.2) is 47.4 Å². The molecular weight excluding hydrogens is 510 g/mol. The highest BCUT2D eigenvalue weighted by molar-refractivity contribution is 7.90. The Hall–Kier alpha value is -3.25. The second kappa shape index (κ2) is 10.3. The minimum atomic E-state index is -3.80. The number of hydrogen-bond donors (Lipinski definition) is 3. The van der Waals surface area contributed by atoms with Crippen LogP contribution in [0.3, 0.4) is 0 Å².